The first kappa shape index (κ1) is 16.6. The number of carbonyl (C=O) groups excluding carboxylic acids is 1. The van der Waals surface area contributed by atoms with E-state index in [-0.39, 0.29) is 0 Å². The Morgan fingerprint density at radius 3 is 2.59 bits per heavy atom. The molecular weight excluding hydrogens is 347 g/mol. The lowest BCUT2D eigenvalue weighted by Crippen LogP contribution is -2.18. The maximum Gasteiger partial charge on any atom is 0.275 e. The summed E-state index contributed by atoms with van der Waals surface area (Å²) in [6, 6.07) is 9.76. The van der Waals surface area contributed by atoms with E-state index in [4.69, 9.17) is 39.5 Å². The highest BCUT2D eigenvalue weighted by Gasteiger charge is 2.12. The predicted molar refractivity (Wildman–Crippen MR) is 89.5 cm³/mol. The number of hydrogen-bond donors (Lipinski definition) is 1. The topological polar surface area (TPSA) is 50.7 Å². The number of halogens is 3. The van der Waals surface area contributed by atoms with Crippen LogP contribution in [0.3, 0.4) is 0 Å². The average molecular weight is 358 g/mol. The second-order valence-corrected chi connectivity index (χ2v) is 5.47. The fourth-order valence-corrected chi connectivity index (χ4v) is 2.15. The molecule has 4 nitrogen and oxygen atoms in total. The molecule has 0 aromatic heterocycles. The van der Waals surface area contributed by atoms with Gasteiger partial charge in [-0.2, -0.15) is 5.10 Å². The van der Waals surface area contributed by atoms with Gasteiger partial charge in [-0.1, -0.05) is 40.9 Å². The van der Waals surface area contributed by atoms with Crippen molar-refractivity contribution in [2.45, 2.75) is 0 Å². The lowest BCUT2D eigenvalue weighted by Gasteiger charge is -2.07. The summed E-state index contributed by atoms with van der Waals surface area (Å²) in [4.78, 5) is 12.1. The molecule has 0 spiro atoms. The zero-order chi connectivity index (χ0) is 16.1. The molecule has 2 rings (SSSR count). The van der Waals surface area contributed by atoms with Gasteiger partial charge in [0.15, 0.2) is 0 Å². The normalized spacial score (nSPS) is 10.7. The Morgan fingerprint density at radius 2 is 1.91 bits per heavy atom. The van der Waals surface area contributed by atoms with Crippen molar-refractivity contribution in [1.29, 1.82) is 0 Å². The lowest BCUT2D eigenvalue weighted by molar-refractivity contribution is 0.0952. The Hall–Kier alpha value is -1.75. The number of amides is 1. The van der Waals surface area contributed by atoms with Crippen LogP contribution in [0.1, 0.15) is 15.9 Å². The van der Waals surface area contributed by atoms with Gasteiger partial charge in [0.05, 0.1) is 28.9 Å². The van der Waals surface area contributed by atoms with Crippen molar-refractivity contribution in [3.63, 3.8) is 0 Å². The van der Waals surface area contributed by atoms with Gasteiger partial charge in [-0.15, -0.1) is 0 Å². The summed E-state index contributed by atoms with van der Waals surface area (Å²) in [7, 11) is 1.47. The zero-order valence-corrected chi connectivity index (χ0v) is 13.7. The van der Waals surface area contributed by atoms with Crippen LogP contribution in [-0.4, -0.2) is 19.2 Å². The summed E-state index contributed by atoms with van der Waals surface area (Å²) >= 11 is 17.6. The van der Waals surface area contributed by atoms with Crippen LogP contribution in [0.4, 0.5) is 0 Å². The van der Waals surface area contributed by atoms with E-state index in [1.165, 1.54) is 19.4 Å². The molecule has 0 atom stereocenters. The second kappa shape index (κ2) is 7.49. The molecule has 0 heterocycles. The predicted octanol–water partition coefficient (Wildman–Crippen LogP) is 4.42. The first-order valence-electron chi connectivity index (χ1n) is 6.13. The smallest absolute Gasteiger partial charge is 0.275 e. The number of methoxy groups -OCH3 is 1. The van der Waals surface area contributed by atoms with Crippen molar-refractivity contribution in [2.75, 3.05) is 7.11 Å². The molecule has 0 saturated heterocycles. The van der Waals surface area contributed by atoms with Gasteiger partial charge in [0.1, 0.15) is 5.75 Å². The Balaban J connectivity index is 2.11. The quantitative estimate of drug-likeness (QED) is 0.650. The summed E-state index contributed by atoms with van der Waals surface area (Å²) in [6.45, 7) is 0. The molecule has 0 aliphatic carbocycles. The minimum atomic E-state index is -0.435. The minimum Gasteiger partial charge on any atom is -0.496 e. The van der Waals surface area contributed by atoms with Gasteiger partial charge >= 0.3 is 0 Å². The van der Waals surface area contributed by atoms with Crippen LogP contribution >= 0.6 is 34.8 Å². The monoisotopic (exact) mass is 356 g/mol. The fraction of sp³-hybridized carbons (Fsp3) is 0.0667. The zero-order valence-electron chi connectivity index (χ0n) is 11.4. The van der Waals surface area contributed by atoms with Gasteiger partial charge in [-0.3, -0.25) is 4.79 Å². The molecule has 0 saturated carbocycles. The standard InChI is InChI=1S/C15H11Cl3N2O2/c1-22-14-5-3-10(16)7-11(14)15(21)20-19-8-9-2-4-12(17)13(18)6-9/h2-8H,1H3,(H,20,21)/b19-8+. The third-order valence-corrected chi connectivity index (χ3v) is 3.70. The van der Waals surface area contributed by atoms with Crippen LogP contribution in [0, 0.1) is 0 Å². The fourth-order valence-electron chi connectivity index (χ4n) is 1.68. The van der Waals surface area contributed by atoms with Crippen LogP contribution in [-0.2, 0) is 0 Å². The van der Waals surface area contributed by atoms with Crippen LogP contribution in [0.25, 0.3) is 0 Å². The molecular formula is C15H11Cl3N2O2. The number of hydrazone groups is 1. The first-order chi connectivity index (χ1) is 10.5. The van der Waals surface area contributed by atoms with Crippen molar-refractivity contribution in [2.24, 2.45) is 5.10 Å². The summed E-state index contributed by atoms with van der Waals surface area (Å²) in [5, 5.41) is 5.16. The third-order valence-electron chi connectivity index (χ3n) is 2.73. The van der Waals surface area contributed by atoms with Crippen LogP contribution in [0.2, 0.25) is 15.1 Å². The van der Waals surface area contributed by atoms with Crippen molar-refractivity contribution >= 4 is 46.9 Å². The van der Waals surface area contributed by atoms with E-state index in [0.29, 0.717) is 31.9 Å². The molecule has 7 heteroatoms. The molecule has 1 amide bonds. The summed E-state index contributed by atoms with van der Waals surface area (Å²) in [6.07, 6.45) is 1.46. The number of carbonyl (C=O) groups is 1. The van der Waals surface area contributed by atoms with E-state index in [1.54, 1.807) is 30.3 Å². The van der Waals surface area contributed by atoms with E-state index in [2.05, 4.69) is 10.5 Å². The molecule has 2 aromatic rings. The summed E-state index contributed by atoms with van der Waals surface area (Å²) in [5.41, 5.74) is 3.39. The third kappa shape index (κ3) is 4.13. The van der Waals surface area contributed by atoms with Crippen molar-refractivity contribution in [3.05, 3.63) is 62.6 Å². The van der Waals surface area contributed by atoms with Gasteiger partial charge in [-0.05, 0) is 35.9 Å². The molecule has 0 fully saturated rings. The van der Waals surface area contributed by atoms with Crippen molar-refractivity contribution in [1.82, 2.24) is 5.43 Å². The Morgan fingerprint density at radius 1 is 1.14 bits per heavy atom. The highest BCUT2D eigenvalue weighted by Crippen LogP contribution is 2.23. The van der Waals surface area contributed by atoms with Gasteiger partial charge in [0.25, 0.3) is 5.91 Å². The molecule has 22 heavy (non-hydrogen) atoms. The largest absolute Gasteiger partial charge is 0.496 e. The average Bonchev–Trinajstić information content (AvgIpc) is 2.50. The molecule has 0 radical (unpaired) electrons. The number of ether oxygens (including phenoxy) is 1. The molecule has 114 valence electrons. The van der Waals surface area contributed by atoms with E-state index < -0.39 is 5.91 Å². The van der Waals surface area contributed by atoms with Crippen molar-refractivity contribution in [3.8, 4) is 5.75 Å². The van der Waals surface area contributed by atoms with Crippen LogP contribution in [0.15, 0.2) is 41.5 Å². The van der Waals surface area contributed by atoms with Gasteiger partial charge in [0.2, 0.25) is 0 Å². The van der Waals surface area contributed by atoms with Gasteiger partial charge in [0, 0.05) is 5.02 Å². The van der Waals surface area contributed by atoms with Gasteiger partial charge in [-0.25, -0.2) is 5.43 Å². The number of nitrogens with zero attached hydrogens (tertiary/aromatic N) is 1. The number of nitrogens with one attached hydrogen (secondary N) is 1. The lowest BCUT2D eigenvalue weighted by atomic mass is 10.2. The first-order valence-corrected chi connectivity index (χ1v) is 7.26. The summed E-state index contributed by atoms with van der Waals surface area (Å²) in [5.74, 6) is -0.0257. The molecule has 0 aliphatic rings. The minimum absolute atomic E-state index is 0.293. The van der Waals surface area contributed by atoms with Crippen LogP contribution in [0.5, 0.6) is 5.75 Å². The highest BCUT2D eigenvalue weighted by molar-refractivity contribution is 6.42. The maximum absolute atomic E-state index is 12.1. The van der Waals surface area contributed by atoms with E-state index in [0.717, 1.165) is 0 Å². The molecule has 2 aromatic carbocycles. The molecule has 1 N–H and O–H groups in total. The maximum atomic E-state index is 12.1. The SMILES string of the molecule is COc1ccc(Cl)cc1C(=O)N/N=C/c1ccc(Cl)c(Cl)c1. The van der Waals surface area contributed by atoms with Crippen LogP contribution < -0.4 is 10.2 Å². The Kier molecular flexibility index (Phi) is 5.66. The molecule has 0 bridgehead atoms. The summed E-state index contributed by atoms with van der Waals surface area (Å²) < 4.78 is 5.11. The number of hydrogen-bond acceptors (Lipinski definition) is 3. The van der Waals surface area contributed by atoms with E-state index in [1.807, 2.05) is 0 Å². The molecule has 0 unspecified atom stereocenters. The Bertz CT molecular complexity index is 733. The second-order valence-electron chi connectivity index (χ2n) is 4.22. The highest BCUT2D eigenvalue weighted by atomic mass is 35.5. The van der Waals surface area contributed by atoms with E-state index >= 15 is 0 Å². The van der Waals surface area contributed by atoms with Crippen molar-refractivity contribution < 1.29 is 9.53 Å². The number of benzene rings is 2. The van der Waals surface area contributed by atoms with E-state index in [9.17, 15) is 4.79 Å². The molecule has 0 aliphatic heterocycles. The number of rotatable bonds is 4. The Labute approximate surface area is 142 Å². The van der Waals surface area contributed by atoms with Gasteiger partial charge < -0.3 is 4.74 Å².